The number of piperidine rings is 1. The Balaban J connectivity index is 1.42. The van der Waals surface area contributed by atoms with Gasteiger partial charge in [-0.2, -0.15) is 0 Å². The van der Waals surface area contributed by atoms with Crippen molar-refractivity contribution < 1.29 is 14.4 Å². The molecule has 13 heteroatoms. The van der Waals surface area contributed by atoms with Crippen LogP contribution >= 0.6 is 35.6 Å². The Morgan fingerprint density at radius 2 is 1.95 bits per heavy atom. The van der Waals surface area contributed by atoms with Crippen LogP contribution in [0.15, 0.2) is 23.3 Å². The van der Waals surface area contributed by atoms with E-state index in [1.54, 1.807) is 31.1 Å². The van der Waals surface area contributed by atoms with E-state index in [0.717, 1.165) is 19.5 Å². The van der Waals surface area contributed by atoms with Crippen LogP contribution in [0.1, 0.15) is 25.7 Å². The number of nitrogens with one attached hydrogen (secondary N) is 3. The minimum atomic E-state index is -0.509. The van der Waals surface area contributed by atoms with E-state index in [1.807, 2.05) is 0 Å². The molecule has 0 aromatic carbocycles. The molecule has 1 aromatic heterocycles. The number of halogens is 1. The number of nitrogens with zero attached hydrogens (tertiary/aromatic N) is 4. The third kappa shape index (κ3) is 6.98. The summed E-state index contributed by atoms with van der Waals surface area (Å²) in [4.78, 5) is 51.2. The maximum Gasteiger partial charge on any atom is 0.284 e. The second-order valence-corrected chi connectivity index (χ2v) is 12.0. The van der Waals surface area contributed by atoms with Crippen LogP contribution in [-0.4, -0.2) is 100 Å². The summed E-state index contributed by atoms with van der Waals surface area (Å²) in [6, 6.07) is 2.64. The summed E-state index contributed by atoms with van der Waals surface area (Å²) in [5, 5.41) is 10.1. The molecule has 1 saturated carbocycles. The standard InChI is InChI=1S/C24H32ClN7O3S2/c1-31(2)24(35)13-4-6-15(28-22(36)20(33)30-19-7-5-14(25)11-26-19)17(10-13)27-21(34)23-29-16-8-9-32(3)12-18(16)37-23/h5,7,11,13,15-18H,4,6,8-10,12H2,1-3H3,(H,27,34)(H,28,36)(H,26,30,33)/t13-,15-,16?,17+,18?/m0/s1. The van der Waals surface area contributed by atoms with Gasteiger partial charge in [0.25, 0.3) is 11.8 Å². The number of pyridine rings is 1. The largest absolute Gasteiger partial charge is 0.367 e. The van der Waals surface area contributed by atoms with E-state index in [9.17, 15) is 14.4 Å². The number of likely N-dealkylation sites (tertiary alicyclic amines) is 1. The third-order valence-corrected chi connectivity index (χ3v) is 8.72. The fourth-order valence-corrected chi connectivity index (χ4v) is 6.58. The van der Waals surface area contributed by atoms with Gasteiger partial charge in [0.1, 0.15) is 5.82 Å². The van der Waals surface area contributed by atoms with Crippen molar-refractivity contribution in [2.45, 2.75) is 49.1 Å². The van der Waals surface area contributed by atoms with Gasteiger partial charge in [0, 0.05) is 44.0 Å². The van der Waals surface area contributed by atoms with Crippen LogP contribution in [-0.2, 0) is 14.4 Å². The van der Waals surface area contributed by atoms with Crippen molar-refractivity contribution in [2.24, 2.45) is 10.9 Å². The van der Waals surface area contributed by atoms with Gasteiger partial charge in [-0.05, 0) is 51.4 Å². The zero-order valence-electron chi connectivity index (χ0n) is 21.1. The number of amides is 3. The molecule has 2 fully saturated rings. The van der Waals surface area contributed by atoms with E-state index in [0.29, 0.717) is 35.1 Å². The highest BCUT2D eigenvalue weighted by atomic mass is 35.5. The Morgan fingerprint density at radius 3 is 2.65 bits per heavy atom. The lowest BCUT2D eigenvalue weighted by molar-refractivity contribution is -0.134. The molecule has 4 rings (SSSR count). The first-order valence-corrected chi connectivity index (χ1v) is 14.0. The lowest BCUT2D eigenvalue weighted by Gasteiger charge is -2.37. The first-order valence-electron chi connectivity index (χ1n) is 12.3. The molecule has 5 atom stereocenters. The van der Waals surface area contributed by atoms with Crippen molar-refractivity contribution >= 4 is 69.2 Å². The zero-order valence-corrected chi connectivity index (χ0v) is 23.5. The third-order valence-electron chi connectivity index (χ3n) is 6.92. The Morgan fingerprint density at radius 1 is 1.16 bits per heavy atom. The van der Waals surface area contributed by atoms with Crippen molar-refractivity contribution in [3.63, 3.8) is 0 Å². The monoisotopic (exact) mass is 565 g/mol. The number of fused-ring (bicyclic) bond motifs is 1. The predicted molar refractivity (Wildman–Crippen MR) is 150 cm³/mol. The fourth-order valence-electron chi connectivity index (χ4n) is 4.94. The molecule has 0 radical (unpaired) electrons. The van der Waals surface area contributed by atoms with E-state index in [4.69, 9.17) is 28.8 Å². The molecular weight excluding hydrogens is 534 g/mol. The molecule has 0 spiro atoms. The van der Waals surface area contributed by atoms with Crippen LogP contribution in [0.25, 0.3) is 0 Å². The molecule has 3 aliphatic rings. The maximum absolute atomic E-state index is 13.3. The van der Waals surface area contributed by atoms with Gasteiger partial charge in [-0.3, -0.25) is 19.4 Å². The van der Waals surface area contributed by atoms with E-state index in [-0.39, 0.29) is 40.1 Å². The number of hydrogen-bond donors (Lipinski definition) is 3. The van der Waals surface area contributed by atoms with Gasteiger partial charge in [-0.25, -0.2) is 4.98 Å². The summed E-state index contributed by atoms with van der Waals surface area (Å²) in [6.45, 7) is 1.86. The summed E-state index contributed by atoms with van der Waals surface area (Å²) in [6.07, 6.45) is 3.99. The van der Waals surface area contributed by atoms with Crippen LogP contribution in [0.2, 0.25) is 5.02 Å². The molecule has 3 amide bonds. The highest BCUT2D eigenvalue weighted by Gasteiger charge is 2.40. The summed E-state index contributed by atoms with van der Waals surface area (Å²) < 4.78 is 0. The average Bonchev–Trinajstić information content (AvgIpc) is 3.29. The van der Waals surface area contributed by atoms with Gasteiger partial charge in [0.2, 0.25) is 5.91 Å². The van der Waals surface area contributed by atoms with E-state index in [1.165, 1.54) is 18.0 Å². The summed E-state index contributed by atoms with van der Waals surface area (Å²) in [7, 11) is 5.54. The molecule has 200 valence electrons. The number of aromatic nitrogens is 1. The molecule has 2 unspecified atom stereocenters. The molecule has 10 nitrogen and oxygen atoms in total. The minimum absolute atomic E-state index is 0.0139. The van der Waals surface area contributed by atoms with Gasteiger partial charge >= 0.3 is 0 Å². The van der Waals surface area contributed by atoms with Gasteiger partial charge in [0.15, 0.2) is 10.0 Å². The summed E-state index contributed by atoms with van der Waals surface area (Å²) in [5.41, 5.74) is 0. The van der Waals surface area contributed by atoms with Crippen LogP contribution in [0.5, 0.6) is 0 Å². The summed E-state index contributed by atoms with van der Waals surface area (Å²) in [5.74, 6) is -0.628. The second kappa shape index (κ2) is 12.1. The number of hydrogen-bond acceptors (Lipinski definition) is 8. The van der Waals surface area contributed by atoms with Gasteiger partial charge < -0.3 is 25.8 Å². The topological polar surface area (TPSA) is 119 Å². The molecule has 1 aromatic rings. The predicted octanol–water partition coefficient (Wildman–Crippen LogP) is 1.55. The number of thiocarbonyl (C=S) groups is 1. The molecular formula is C24H32ClN7O3S2. The number of carbonyl (C=O) groups is 3. The first-order chi connectivity index (χ1) is 17.6. The van der Waals surface area contributed by atoms with Crippen LogP contribution in [0.3, 0.4) is 0 Å². The fraction of sp³-hybridized carbons (Fsp3) is 0.583. The van der Waals surface area contributed by atoms with Crippen molar-refractivity contribution in [3.8, 4) is 0 Å². The highest BCUT2D eigenvalue weighted by Crippen LogP contribution is 2.33. The van der Waals surface area contributed by atoms with Crippen molar-refractivity contribution in [1.29, 1.82) is 0 Å². The molecule has 3 heterocycles. The number of thioether (sulfide) groups is 1. The Kier molecular flexibility index (Phi) is 9.04. The van der Waals surface area contributed by atoms with E-state index in [2.05, 4.69) is 32.9 Å². The van der Waals surface area contributed by atoms with Crippen LogP contribution in [0.4, 0.5) is 5.82 Å². The van der Waals surface area contributed by atoms with Crippen LogP contribution in [0, 0.1) is 5.92 Å². The maximum atomic E-state index is 13.3. The lowest BCUT2D eigenvalue weighted by atomic mass is 9.81. The Hall–Kier alpha value is -2.28. The SMILES string of the molecule is CN1CCC2N=C(C(=O)N[C@@H]3C[C@@H](C(=O)N(C)C)CC[C@@H]3NC(=S)C(=O)Nc3ccc(Cl)cn3)SC2C1. The molecule has 2 aliphatic heterocycles. The van der Waals surface area contributed by atoms with Crippen molar-refractivity contribution in [2.75, 3.05) is 39.5 Å². The second-order valence-electron chi connectivity index (χ2n) is 9.93. The number of anilines is 1. The van der Waals surface area contributed by atoms with E-state index < -0.39 is 11.9 Å². The average molecular weight is 566 g/mol. The molecule has 0 bridgehead atoms. The zero-order chi connectivity index (χ0) is 26.7. The smallest absolute Gasteiger partial charge is 0.284 e. The number of aliphatic imine (C=N–C) groups is 1. The minimum Gasteiger partial charge on any atom is -0.367 e. The number of carbonyl (C=O) groups excluding carboxylic acids is 3. The molecule has 1 saturated heterocycles. The summed E-state index contributed by atoms with van der Waals surface area (Å²) >= 11 is 12.7. The van der Waals surface area contributed by atoms with Gasteiger partial charge in [-0.15, -0.1) is 0 Å². The van der Waals surface area contributed by atoms with Crippen LogP contribution < -0.4 is 16.0 Å². The Labute approximate surface area is 231 Å². The van der Waals surface area contributed by atoms with Gasteiger partial charge in [-0.1, -0.05) is 35.6 Å². The quantitative estimate of drug-likeness (QED) is 0.460. The van der Waals surface area contributed by atoms with E-state index >= 15 is 0 Å². The van der Waals surface area contributed by atoms with Gasteiger partial charge in [0.05, 0.1) is 17.1 Å². The highest BCUT2D eigenvalue weighted by molar-refractivity contribution is 8.16. The normalized spacial score (nSPS) is 27.5. The number of rotatable bonds is 5. The Bertz CT molecular complexity index is 1080. The molecule has 37 heavy (non-hydrogen) atoms. The molecule has 1 aliphatic carbocycles. The van der Waals surface area contributed by atoms with Crippen molar-refractivity contribution in [3.05, 3.63) is 23.4 Å². The first kappa shape index (κ1) is 27.7. The molecule has 3 N–H and O–H groups in total. The van der Waals surface area contributed by atoms with Crippen molar-refractivity contribution in [1.82, 2.24) is 25.4 Å². The lowest BCUT2D eigenvalue weighted by Crippen LogP contribution is -2.57.